The van der Waals surface area contributed by atoms with Gasteiger partial charge in [0.25, 0.3) is 0 Å². The minimum atomic E-state index is -1.01. The summed E-state index contributed by atoms with van der Waals surface area (Å²) in [6.45, 7) is 8.23. The van der Waals surface area contributed by atoms with Crippen molar-refractivity contribution in [3.63, 3.8) is 0 Å². The van der Waals surface area contributed by atoms with Gasteiger partial charge in [-0.05, 0) is 24.1 Å². The van der Waals surface area contributed by atoms with E-state index in [0.29, 0.717) is 6.73 Å². The minimum Gasteiger partial charge on any atom is -0.358 e. The Hall–Kier alpha value is -0.273. The van der Waals surface area contributed by atoms with Crippen LogP contribution in [0.3, 0.4) is 0 Å². The summed E-state index contributed by atoms with van der Waals surface area (Å²) in [7, 11) is -1.01. The molecule has 1 rings (SSSR count). The molecule has 19 heavy (non-hydrogen) atoms. The van der Waals surface area contributed by atoms with E-state index in [1.807, 2.05) is 0 Å². The van der Waals surface area contributed by atoms with Crippen LogP contribution < -0.4 is 0 Å². The van der Waals surface area contributed by atoms with Gasteiger partial charge in [-0.25, -0.2) is 0 Å². The first-order chi connectivity index (χ1) is 9.01. The summed E-state index contributed by atoms with van der Waals surface area (Å²) in [5, 5.41) is 13.4. The summed E-state index contributed by atoms with van der Waals surface area (Å²) in [6, 6.07) is 1.17. The van der Waals surface area contributed by atoms with E-state index in [0.717, 1.165) is 30.6 Å². The molecule has 110 valence electrons. The third-order valence-electron chi connectivity index (χ3n) is 2.73. The number of tetrazole rings is 1. The van der Waals surface area contributed by atoms with Crippen LogP contribution in [0, 0.1) is 0 Å². The molecular formula is C12H25BrN4OSi. The molecule has 1 aromatic rings. The first-order valence-corrected chi connectivity index (χ1v) is 11.7. The summed E-state index contributed by atoms with van der Waals surface area (Å²) in [5.74, 6) is 0.823. The molecule has 0 aliphatic heterocycles. The van der Waals surface area contributed by atoms with Gasteiger partial charge in [-0.15, -0.1) is 15.0 Å². The molecule has 0 amide bonds. The SMILES string of the molecule is C[Si](C)(C)CCOCn1nnc(CCCCCBr)n1. The Morgan fingerprint density at radius 1 is 1.21 bits per heavy atom. The van der Waals surface area contributed by atoms with Crippen LogP contribution >= 0.6 is 15.9 Å². The van der Waals surface area contributed by atoms with Gasteiger partial charge < -0.3 is 4.74 Å². The Kier molecular flexibility index (Phi) is 7.78. The second-order valence-corrected chi connectivity index (χ2v) is 12.3. The number of ether oxygens (including phenoxy) is 1. The molecule has 0 saturated carbocycles. The van der Waals surface area contributed by atoms with Crippen LogP contribution in [0.1, 0.15) is 25.1 Å². The Labute approximate surface area is 125 Å². The number of unbranched alkanes of at least 4 members (excludes halogenated alkanes) is 2. The fourth-order valence-corrected chi connectivity index (χ4v) is 2.66. The van der Waals surface area contributed by atoms with Crippen molar-refractivity contribution in [3.05, 3.63) is 5.82 Å². The van der Waals surface area contributed by atoms with Crippen molar-refractivity contribution in [2.75, 3.05) is 11.9 Å². The van der Waals surface area contributed by atoms with Crippen molar-refractivity contribution < 1.29 is 4.74 Å². The predicted octanol–water partition coefficient (Wildman–Crippen LogP) is 3.09. The monoisotopic (exact) mass is 348 g/mol. The minimum absolute atomic E-state index is 0.416. The second-order valence-electron chi connectivity index (χ2n) is 5.93. The molecule has 0 N–H and O–H groups in total. The van der Waals surface area contributed by atoms with Gasteiger partial charge in [0.1, 0.15) is 0 Å². The van der Waals surface area contributed by atoms with Crippen LogP contribution in [-0.2, 0) is 17.9 Å². The van der Waals surface area contributed by atoms with Gasteiger partial charge in [-0.2, -0.15) is 0 Å². The number of aryl methyl sites for hydroxylation is 1. The molecule has 1 aromatic heterocycles. The van der Waals surface area contributed by atoms with E-state index >= 15 is 0 Å². The van der Waals surface area contributed by atoms with Crippen molar-refractivity contribution in [2.24, 2.45) is 0 Å². The Balaban J connectivity index is 2.16. The number of rotatable bonds is 10. The van der Waals surface area contributed by atoms with Gasteiger partial charge in [0.2, 0.25) is 0 Å². The Bertz CT molecular complexity index is 354. The maximum absolute atomic E-state index is 5.58. The lowest BCUT2D eigenvalue weighted by Crippen LogP contribution is -2.22. The second kappa shape index (κ2) is 8.81. The average molecular weight is 349 g/mol. The topological polar surface area (TPSA) is 52.8 Å². The van der Waals surface area contributed by atoms with Crippen LogP contribution in [0.4, 0.5) is 0 Å². The molecule has 0 spiro atoms. The largest absolute Gasteiger partial charge is 0.358 e. The van der Waals surface area contributed by atoms with Gasteiger partial charge >= 0.3 is 0 Å². The summed E-state index contributed by atoms with van der Waals surface area (Å²) in [4.78, 5) is 1.55. The number of halogens is 1. The molecule has 5 nitrogen and oxygen atoms in total. The fourth-order valence-electron chi connectivity index (χ4n) is 1.51. The zero-order valence-electron chi connectivity index (χ0n) is 12.2. The van der Waals surface area contributed by atoms with Crippen LogP contribution in [0.15, 0.2) is 0 Å². The highest BCUT2D eigenvalue weighted by Gasteiger charge is 2.12. The molecule has 0 bridgehead atoms. The lowest BCUT2D eigenvalue weighted by molar-refractivity contribution is 0.0671. The van der Waals surface area contributed by atoms with E-state index in [2.05, 4.69) is 51.0 Å². The molecule has 0 unspecified atom stereocenters. The number of nitrogens with zero attached hydrogens (tertiary/aromatic N) is 4. The van der Waals surface area contributed by atoms with Crippen LogP contribution in [0.25, 0.3) is 0 Å². The van der Waals surface area contributed by atoms with E-state index in [9.17, 15) is 0 Å². The van der Waals surface area contributed by atoms with Crippen molar-refractivity contribution in [3.8, 4) is 0 Å². The highest BCUT2D eigenvalue weighted by Crippen LogP contribution is 2.07. The zero-order chi connectivity index (χ0) is 14.1. The Morgan fingerprint density at radius 3 is 2.68 bits per heavy atom. The molecule has 0 atom stereocenters. The van der Waals surface area contributed by atoms with Gasteiger partial charge in [0.15, 0.2) is 12.6 Å². The molecule has 7 heteroatoms. The molecule has 0 radical (unpaired) electrons. The standard InChI is InChI=1S/C12H25BrN4OSi/c1-19(2,3)10-9-18-11-17-15-12(14-16-17)7-5-4-6-8-13/h4-11H2,1-3H3. The number of hydrogen-bond acceptors (Lipinski definition) is 4. The molecule has 0 aliphatic carbocycles. The molecule has 0 fully saturated rings. The van der Waals surface area contributed by atoms with Gasteiger partial charge in [-0.3, -0.25) is 0 Å². The normalized spacial score (nSPS) is 12.0. The highest BCUT2D eigenvalue weighted by atomic mass is 79.9. The Morgan fingerprint density at radius 2 is 2.00 bits per heavy atom. The number of aromatic nitrogens is 4. The van der Waals surface area contributed by atoms with Gasteiger partial charge in [-0.1, -0.05) is 42.0 Å². The van der Waals surface area contributed by atoms with Crippen LogP contribution in [-0.4, -0.2) is 40.2 Å². The average Bonchev–Trinajstić information content (AvgIpc) is 2.77. The fraction of sp³-hybridized carbons (Fsp3) is 0.917. The van der Waals surface area contributed by atoms with Crippen molar-refractivity contribution in [1.29, 1.82) is 0 Å². The molecule has 0 aromatic carbocycles. The molecular weight excluding hydrogens is 324 g/mol. The predicted molar refractivity (Wildman–Crippen MR) is 83.3 cm³/mol. The highest BCUT2D eigenvalue weighted by molar-refractivity contribution is 9.09. The molecule has 1 heterocycles. The first-order valence-electron chi connectivity index (χ1n) is 6.92. The van der Waals surface area contributed by atoms with Crippen LogP contribution in [0.2, 0.25) is 25.7 Å². The van der Waals surface area contributed by atoms with Gasteiger partial charge in [0, 0.05) is 26.4 Å². The van der Waals surface area contributed by atoms with E-state index in [1.165, 1.54) is 18.9 Å². The third kappa shape index (κ3) is 8.49. The van der Waals surface area contributed by atoms with Crippen molar-refractivity contribution >= 4 is 24.0 Å². The van der Waals surface area contributed by atoms with E-state index < -0.39 is 8.07 Å². The number of hydrogen-bond donors (Lipinski definition) is 0. The molecule has 0 saturated heterocycles. The smallest absolute Gasteiger partial charge is 0.174 e. The summed E-state index contributed by atoms with van der Waals surface area (Å²) >= 11 is 3.43. The van der Waals surface area contributed by atoms with Crippen LogP contribution in [0.5, 0.6) is 0 Å². The van der Waals surface area contributed by atoms with E-state index in [1.54, 1.807) is 4.80 Å². The van der Waals surface area contributed by atoms with Gasteiger partial charge in [0.05, 0.1) is 0 Å². The lowest BCUT2D eigenvalue weighted by atomic mass is 10.2. The summed E-state index contributed by atoms with van der Waals surface area (Å²) in [6.07, 6.45) is 4.43. The number of alkyl halides is 1. The van der Waals surface area contributed by atoms with E-state index in [-0.39, 0.29) is 0 Å². The summed E-state index contributed by atoms with van der Waals surface area (Å²) in [5.41, 5.74) is 0. The zero-order valence-corrected chi connectivity index (χ0v) is 14.8. The molecule has 0 aliphatic rings. The third-order valence-corrected chi connectivity index (χ3v) is 5.00. The van der Waals surface area contributed by atoms with E-state index in [4.69, 9.17) is 4.74 Å². The maximum Gasteiger partial charge on any atom is 0.174 e. The lowest BCUT2D eigenvalue weighted by Gasteiger charge is -2.14. The van der Waals surface area contributed by atoms with Crippen molar-refractivity contribution in [2.45, 2.75) is 58.1 Å². The summed E-state index contributed by atoms with van der Waals surface area (Å²) < 4.78 is 5.58. The van der Waals surface area contributed by atoms with Crippen molar-refractivity contribution in [1.82, 2.24) is 20.2 Å². The first kappa shape index (κ1) is 16.8. The quantitative estimate of drug-likeness (QED) is 0.370. The maximum atomic E-state index is 5.58.